The van der Waals surface area contributed by atoms with E-state index in [1.54, 1.807) is 18.2 Å². The van der Waals surface area contributed by atoms with Crippen molar-refractivity contribution in [3.05, 3.63) is 30.1 Å². The summed E-state index contributed by atoms with van der Waals surface area (Å²) in [5.74, 6) is -0.413. The first-order chi connectivity index (χ1) is 8.20. The normalized spacial score (nSPS) is 10.2. The highest BCUT2D eigenvalue weighted by Gasteiger charge is 2.14. The third-order valence-corrected chi connectivity index (χ3v) is 3.74. The Labute approximate surface area is 106 Å². The Hall–Kier alpha value is -1.60. The predicted octanol–water partition coefficient (Wildman–Crippen LogP) is 2.06. The average Bonchev–Trinajstić information content (AvgIpc) is 2.83. The van der Waals surface area contributed by atoms with Crippen molar-refractivity contribution in [1.82, 2.24) is 9.36 Å². The van der Waals surface area contributed by atoms with Crippen LogP contribution in [0.1, 0.15) is 10.4 Å². The molecule has 17 heavy (non-hydrogen) atoms. The Kier molecular flexibility index (Phi) is 3.60. The molecule has 1 heterocycles. The van der Waals surface area contributed by atoms with E-state index in [1.165, 1.54) is 36.7 Å². The van der Waals surface area contributed by atoms with Gasteiger partial charge < -0.3 is 10.5 Å². The van der Waals surface area contributed by atoms with Crippen molar-refractivity contribution in [3.8, 4) is 0 Å². The summed E-state index contributed by atoms with van der Waals surface area (Å²) in [5.41, 5.74) is 6.61. The van der Waals surface area contributed by atoms with Gasteiger partial charge in [0, 0.05) is 10.6 Å². The predicted molar refractivity (Wildman–Crippen MR) is 66.2 cm³/mol. The molecule has 0 amide bonds. The maximum absolute atomic E-state index is 11.6. The van der Waals surface area contributed by atoms with Crippen molar-refractivity contribution in [2.75, 3.05) is 12.8 Å². The molecular formula is C10H9N3O2S2. The van der Waals surface area contributed by atoms with Crippen LogP contribution in [-0.2, 0) is 4.74 Å². The summed E-state index contributed by atoms with van der Waals surface area (Å²) >= 11 is 2.63. The molecule has 2 rings (SSSR count). The van der Waals surface area contributed by atoms with Crippen LogP contribution in [0.5, 0.6) is 0 Å². The van der Waals surface area contributed by atoms with Crippen LogP contribution < -0.4 is 5.73 Å². The highest BCUT2D eigenvalue weighted by Crippen LogP contribution is 2.32. The molecule has 88 valence electrons. The SMILES string of the molecule is COC(=O)c1cc(N)ccc1Sc1ncns1. The third-order valence-electron chi connectivity index (χ3n) is 1.95. The van der Waals surface area contributed by atoms with Crippen molar-refractivity contribution in [1.29, 1.82) is 0 Å². The second kappa shape index (κ2) is 5.15. The van der Waals surface area contributed by atoms with Crippen molar-refractivity contribution in [2.45, 2.75) is 9.24 Å². The fourth-order valence-electron chi connectivity index (χ4n) is 1.21. The van der Waals surface area contributed by atoms with Gasteiger partial charge in [-0.2, -0.15) is 4.37 Å². The number of hydrogen-bond donors (Lipinski definition) is 1. The van der Waals surface area contributed by atoms with Crippen LogP contribution in [-0.4, -0.2) is 22.4 Å². The zero-order valence-electron chi connectivity index (χ0n) is 8.91. The Morgan fingerprint density at radius 3 is 3.00 bits per heavy atom. The van der Waals surface area contributed by atoms with Gasteiger partial charge in [-0.05, 0) is 29.7 Å². The smallest absolute Gasteiger partial charge is 0.339 e. The minimum atomic E-state index is -0.413. The van der Waals surface area contributed by atoms with E-state index in [-0.39, 0.29) is 0 Å². The van der Waals surface area contributed by atoms with Gasteiger partial charge in [-0.15, -0.1) is 0 Å². The number of benzene rings is 1. The van der Waals surface area contributed by atoms with Crippen LogP contribution in [0.15, 0.2) is 33.8 Å². The number of ether oxygens (including phenoxy) is 1. The first kappa shape index (κ1) is 11.9. The molecule has 2 N–H and O–H groups in total. The first-order valence-electron chi connectivity index (χ1n) is 4.63. The summed E-state index contributed by atoms with van der Waals surface area (Å²) in [7, 11) is 1.34. The monoisotopic (exact) mass is 267 g/mol. The van der Waals surface area contributed by atoms with Gasteiger partial charge >= 0.3 is 5.97 Å². The second-order valence-electron chi connectivity index (χ2n) is 3.06. The van der Waals surface area contributed by atoms with Crippen LogP contribution in [0, 0.1) is 0 Å². The summed E-state index contributed by atoms with van der Waals surface area (Å²) in [4.78, 5) is 16.4. The number of nitrogens with two attached hydrogens (primary N) is 1. The molecule has 2 aromatic rings. The molecule has 0 atom stereocenters. The van der Waals surface area contributed by atoms with Gasteiger partial charge in [0.1, 0.15) is 6.33 Å². The van der Waals surface area contributed by atoms with Crippen LogP contribution in [0.2, 0.25) is 0 Å². The maximum atomic E-state index is 11.6. The molecule has 0 radical (unpaired) electrons. The molecule has 7 heteroatoms. The van der Waals surface area contributed by atoms with Gasteiger partial charge in [-0.1, -0.05) is 11.8 Å². The van der Waals surface area contributed by atoms with Gasteiger partial charge in [0.25, 0.3) is 0 Å². The van der Waals surface area contributed by atoms with E-state index in [0.29, 0.717) is 11.3 Å². The van der Waals surface area contributed by atoms with Gasteiger partial charge in [0.15, 0.2) is 4.34 Å². The van der Waals surface area contributed by atoms with Crippen molar-refractivity contribution in [3.63, 3.8) is 0 Å². The second-order valence-corrected chi connectivity index (χ2v) is 5.13. The Morgan fingerprint density at radius 2 is 2.35 bits per heavy atom. The fraction of sp³-hybridized carbons (Fsp3) is 0.100. The summed E-state index contributed by atoms with van der Waals surface area (Å²) in [6.07, 6.45) is 1.47. The van der Waals surface area contributed by atoms with E-state index in [2.05, 4.69) is 9.36 Å². The number of anilines is 1. The first-order valence-corrected chi connectivity index (χ1v) is 6.22. The minimum Gasteiger partial charge on any atom is -0.465 e. The molecule has 0 aliphatic rings. The Balaban J connectivity index is 2.35. The van der Waals surface area contributed by atoms with Crippen LogP contribution in [0.25, 0.3) is 0 Å². The molecule has 0 aliphatic carbocycles. The zero-order valence-corrected chi connectivity index (χ0v) is 10.5. The summed E-state index contributed by atoms with van der Waals surface area (Å²) in [6, 6.07) is 5.10. The summed E-state index contributed by atoms with van der Waals surface area (Å²) in [5, 5.41) is 0. The lowest BCUT2D eigenvalue weighted by Crippen LogP contribution is -2.04. The molecule has 0 fully saturated rings. The molecular weight excluding hydrogens is 258 g/mol. The zero-order chi connectivity index (χ0) is 12.3. The topological polar surface area (TPSA) is 78.1 Å². The van der Waals surface area contributed by atoms with Crippen molar-refractivity contribution in [2.24, 2.45) is 0 Å². The van der Waals surface area contributed by atoms with E-state index < -0.39 is 5.97 Å². The molecule has 5 nitrogen and oxygen atoms in total. The van der Waals surface area contributed by atoms with E-state index in [0.717, 1.165) is 9.24 Å². The number of aromatic nitrogens is 2. The molecule has 0 aliphatic heterocycles. The van der Waals surface area contributed by atoms with E-state index in [9.17, 15) is 4.79 Å². The highest BCUT2D eigenvalue weighted by molar-refractivity contribution is 8.01. The van der Waals surface area contributed by atoms with Crippen molar-refractivity contribution < 1.29 is 9.53 Å². The van der Waals surface area contributed by atoms with Gasteiger partial charge in [0.2, 0.25) is 0 Å². The molecule has 1 aromatic heterocycles. The largest absolute Gasteiger partial charge is 0.465 e. The quantitative estimate of drug-likeness (QED) is 0.677. The lowest BCUT2D eigenvalue weighted by molar-refractivity contribution is 0.0597. The lowest BCUT2D eigenvalue weighted by atomic mass is 10.2. The van der Waals surface area contributed by atoms with Crippen LogP contribution in [0.4, 0.5) is 5.69 Å². The number of nitrogens with zero attached hydrogens (tertiary/aromatic N) is 2. The average molecular weight is 267 g/mol. The van der Waals surface area contributed by atoms with Crippen molar-refractivity contribution >= 4 is 35.0 Å². The van der Waals surface area contributed by atoms with Gasteiger partial charge in [-0.25, -0.2) is 9.78 Å². The number of nitrogen functional groups attached to an aromatic ring is 1. The van der Waals surface area contributed by atoms with Gasteiger partial charge in [0.05, 0.1) is 12.7 Å². The molecule has 1 aromatic carbocycles. The van der Waals surface area contributed by atoms with E-state index in [4.69, 9.17) is 10.5 Å². The van der Waals surface area contributed by atoms with Crippen LogP contribution in [0.3, 0.4) is 0 Å². The summed E-state index contributed by atoms with van der Waals surface area (Å²) in [6.45, 7) is 0. The Bertz CT molecular complexity index is 528. The fourth-order valence-corrected chi connectivity index (χ4v) is 2.71. The standard InChI is InChI=1S/C10H9N3O2S2/c1-15-9(14)7-4-6(11)2-3-8(7)16-10-12-5-13-17-10/h2-5H,11H2,1H3. The van der Waals surface area contributed by atoms with E-state index >= 15 is 0 Å². The molecule has 0 bridgehead atoms. The third kappa shape index (κ3) is 2.75. The lowest BCUT2D eigenvalue weighted by Gasteiger charge is -2.06. The number of esters is 1. The molecule has 0 unspecified atom stereocenters. The summed E-state index contributed by atoms with van der Waals surface area (Å²) < 4.78 is 9.37. The van der Waals surface area contributed by atoms with Crippen LogP contribution >= 0.6 is 23.3 Å². The minimum absolute atomic E-state index is 0.413. The number of rotatable bonds is 3. The number of hydrogen-bond acceptors (Lipinski definition) is 7. The number of carbonyl (C=O) groups excluding carboxylic acids is 1. The van der Waals surface area contributed by atoms with Gasteiger partial charge in [-0.3, -0.25) is 0 Å². The number of carbonyl (C=O) groups is 1. The molecule has 0 saturated carbocycles. The number of methoxy groups -OCH3 is 1. The highest BCUT2D eigenvalue weighted by atomic mass is 32.2. The van der Waals surface area contributed by atoms with E-state index in [1.807, 2.05) is 0 Å². The molecule has 0 spiro atoms. The Morgan fingerprint density at radius 1 is 1.53 bits per heavy atom. The maximum Gasteiger partial charge on any atom is 0.339 e. The molecule has 0 saturated heterocycles.